The Hall–Kier alpha value is -1.14. The molecule has 19 heavy (non-hydrogen) atoms. The van der Waals surface area contributed by atoms with E-state index in [1.165, 1.54) is 6.07 Å². The summed E-state index contributed by atoms with van der Waals surface area (Å²) in [6.45, 7) is 5.34. The lowest BCUT2D eigenvalue weighted by atomic mass is 10.1. The summed E-state index contributed by atoms with van der Waals surface area (Å²) in [5.41, 5.74) is 5.29. The van der Waals surface area contributed by atoms with Crippen LogP contribution in [-0.4, -0.2) is 18.2 Å². The molecule has 1 unspecified atom stereocenters. The van der Waals surface area contributed by atoms with Crippen LogP contribution >= 0.6 is 15.9 Å². The van der Waals surface area contributed by atoms with Gasteiger partial charge in [0, 0.05) is 16.6 Å². The second-order valence-electron chi connectivity index (χ2n) is 5.10. The van der Waals surface area contributed by atoms with Crippen LogP contribution in [0.25, 0.3) is 0 Å². The van der Waals surface area contributed by atoms with Crippen LogP contribution in [-0.2, 0) is 4.74 Å². The Kier molecular flexibility index (Phi) is 5.31. The monoisotopic (exact) mass is 332 g/mol. The highest BCUT2D eigenvalue weighted by atomic mass is 79.9. The van der Waals surface area contributed by atoms with Gasteiger partial charge in [0.25, 0.3) is 0 Å². The third-order valence-corrected chi connectivity index (χ3v) is 2.75. The smallest absolute Gasteiger partial charge is 0.408 e. The van der Waals surface area contributed by atoms with Gasteiger partial charge < -0.3 is 15.8 Å². The van der Waals surface area contributed by atoms with Crippen molar-refractivity contribution in [2.75, 3.05) is 6.54 Å². The molecule has 1 rings (SSSR count). The Labute approximate surface area is 120 Å². The number of rotatable bonds is 3. The van der Waals surface area contributed by atoms with Crippen LogP contribution < -0.4 is 11.1 Å². The molecule has 4 nitrogen and oxygen atoms in total. The maximum atomic E-state index is 13.7. The summed E-state index contributed by atoms with van der Waals surface area (Å²) in [5.74, 6) is -0.422. The van der Waals surface area contributed by atoms with Crippen molar-refractivity contribution < 1.29 is 13.9 Å². The molecule has 0 aliphatic rings. The minimum absolute atomic E-state index is 0.0760. The van der Waals surface area contributed by atoms with Crippen LogP contribution in [0.3, 0.4) is 0 Å². The lowest BCUT2D eigenvalue weighted by Gasteiger charge is -2.23. The van der Waals surface area contributed by atoms with Crippen molar-refractivity contribution in [2.24, 2.45) is 5.73 Å². The molecule has 0 aliphatic heterocycles. The molecule has 0 aromatic heterocycles. The first-order valence-corrected chi connectivity index (χ1v) is 6.67. The van der Waals surface area contributed by atoms with Crippen LogP contribution in [0, 0.1) is 5.82 Å². The number of carbonyl (C=O) groups is 1. The Bertz CT molecular complexity index is 460. The number of alkyl carbamates (subject to hydrolysis) is 1. The molecule has 0 fully saturated rings. The number of hydrogen-bond acceptors (Lipinski definition) is 3. The first-order valence-electron chi connectivity index (χ1n) is 5.87. The molecule has 6 heteroatoms. The van der Waals surface area contributed by atoms with Crippen molar-refractivity contribution in [1.82, 2.24) is 5.32 Å². The van der Waals surface area contributed by atoms with E-state index in [1.807, 2.05) is 0 Å². The quantitative estimate of drug-likeness (QED) is 0.893. The summed E-state index contributed by atoms with van der Waals surface area (Å²) in [5, 5.41) is 2.56. The Morgan fingerprint density at radius 3 is 2.68 bits per heavy atom. The van der Waals surface area contributed by atoms with Gasteiger partial charge in [-0.3, -0.25) is 0 Å². The summed E-state index contributed by atoms with van der Waals surface area (Å²) < 4.78 is 19.6. The van der Waals surface area contributed by atoms with Crippen molar-refractivity contribution in [3.63, 3.8) is 0 Å². The molecular formula is C13H18BrFN2O2. The first-order chi connectivity index (χ1) is 8.73. The molecule has 0 saturated carbocycles. The topological polar surface area (TPSA) is 64.3 Å². The largest absolute Gasteiger partial charge is 0.444 e. The molecule has 0 saturated heterocycles. The Balaban J connectivity index is 2.84. The Morgan fingerprint density at radius 2 is 2.16 bits per heavy atom. The minimum Gasteiger partial charge on any atom is -0.444 e. The van der Waals surface area contributed by atoms with Gasteiger partial charge in [-0.2, -0.15) is 0 Å². The number of ether oxygens (including phenoxy) is 1. The predicted molar refractivity (Wildman–Crippen MR) is 75.3 cm³/mol. The maximum Gasteiger partial charge on any atom is 0.408 e. The van der Waals surface area contributed by atoms with Gasteiger partial charge in [0.1, 0.15) is 11.4 Å². The highest BCUT2D eigenvalue weighted by Crippen LogP contribution is 2.21. The molecule has 0 spiro atoms. The first kappa shape index (κ1) is 15.9. The fourth-order valence-electron chi connectivity index (χ4n) is 1.50. The average Bonchev–Trinajstić information content (AvgIpc) is 2.27. The van der Waals surface area contributed by atoms with Gasteiger partial charge in [-0.05, 0) is 39.0 Å². The van der Waals surface area contributed by atoms with Gasteiger partial charge >= 0.3 is 6.09 Å². The van der Waals surface area contributed by atoms with Gasteiger partial charge in [0.05, 0.1) is 6.04 Å². The third-order valence-electron chi connectivity index (χ3n) is 2.26. The predicted octanol–water partition coefficient (Wildman–Crippen LogP) is 3.11. The zero-order valence-corrected chi connectivity index (χ0v) is 12.8. The molecule has 1 aromatic rings. The number of amides is 1. The molecule has 0 radical (unpaired) electrons. The standard InChI is InChI=1S/C13H18BrFN2O2/c1-13(2,3)19-12(18)17-11(7-16)9-6-8(14)4-5-10(9)15/h4-6,11H,7,16H2,1-3H3,(H,17,18). The second kappa shape index (κ2) is 6.34. The maximum absolute atomic E-state index is 13.7. The van der Waals surface area contributed by atoms with Crippen LogP contribution in [0.2, 0.25) is 0 Å². The van der Waals surface area contributed by atoms with E-state index in [4.69, 9.17) is 10.5 Å². The van der Waals surface area contributed by atoms with Crippen molar-refractivity contribution in [1.29, 1.82) is 0 Å². The molecule has 0 bridgehead atoms. The number of halogens is 2. The van der Waals surface area contributed by atoms with Crippen molar-refractivity contribution in [3.8, 4) is 0 Å². The van der Waals surface area contributed by atoms with E-state index in [-0.39, 0.29) is 6.54 Å². The number of nitrogens with two attached hydrogens (primary N) is 1. The highest BCUT2D eigenvalue weighted by molar-refractivity contribution is 9.10. The van der Waals surface area contributed by atoms with Crippen molar-refractivity contribution in [3.05, 3.63) is 34.1 Å². The minimum atomic E-state index is -0.632. The SMILES string of the molecule is CC(C)(C)OC(=O)NC(CN)c1cc(Br)ccc1F. The molecule has 1 amide bonds. The van der Waals surface area contributed by atoms with E-state index in [9.17, 15) is 9.18 Å². The van der Waals surface area contributed by atoms with Gasteiger partial charge in [-0.25, -0.2) is 9.18 Å². The molecule has 1 atom stereocenters. The number of nitrogens with one attached hydrogen (secondary N) is 1. The van der Waals surface area contributed by atoms with Crippen LogP contribution in [0.15, 0.2) is 22.7 Å². The van der Waals surface area contributed by atoms with Gasteiger partial charge in [0.2, 0.25) is 0 Å². The van der Waals surface area contributed by atoms with Gasteiger partial charge in [-0.15, -0.1) is 0 Å². The van der Waals surface area contributed by atoms with Crippen molar-refractivity contribution in [2.45, 2.75) is 32.4 Å². The number of benzene rings is 1. The Morgan fingerprint density at radius 1 is 1.53 bits per heavy atom. The van der Waals surface area contributed by atoms with Crippen LogP contribution in [0.5, 0.6) is 0 Å². The molecule has 106 valence electrons. The van der Waals surface area contributed by atoms with Gasteiger partial charge in [-0.1, -0.05) is 15.9 Å². The third kappa shape index (κ3) is 5.16. The highest BCUT2D eigenvalue weighted by Gasteiger charge is 2.21. The normalized spacial score (nSPS) is 12.9. The van der Waals surface area contributed by atoms with Crippen LogP contribution in [0.1, 0.15) is 32.4 Å². The summed E-state index contributed by atoms with van der Waals surface area (Å²) >= 11 is 3.26. The average molecular weight is 333 g/mol. The number of hydrogen-bond donors (Lipinski definition) is 2. The second-order valence-corrected chi connectivity index (χ2v) is 6.02. The van der Waals surface area contributed by atoms with E-state index >= 15 is 0 Å². The molecular weight excluding hydrogens is 315 g/mol. The summed E-state index contributed by atoms with van der Waals surface area (Å²) in [4.78, 5) is 11.7. The molecule has 1 aromatic carbocycles. The number of carbonyl (C=O) groups excluding carboxylic acids is 1. The van der Waals surface area contributed by atoms with E-state index in [1.54, 1.807) is 32.9 Å². The van der Waals surface area contributed by atoms with E-state index in [0.29, 0.717) is 10.0 Å². The molecule has 0 heterocycles. The van der Waals surface area contributed by atoms with Crippen LogP contribution in [0.4, 0.5) is 9.18 Å². The zero-order chi connectivity index (χ0) is 14.6. The van der Waals surface area contributed by atoms with E-state index in [0.717, 1.165) is 0 Å². The van der Waals surface area contributed by atoms with E-state index < -0.39 is 23.6 Å². The summed E-state index contributed by atoms with van der Waals surface area (Å²) in [6.07, 6.45) is -0.623. The van der Waals surface area contributed by atoms with Crippen molar-refractivity contribution >= 4 is 22.0 Å². The summed E-state index contributed by atoms with van der Waals surface area (Å²) in [7, 11) is 0. The lowest BCUT2D eigenvalue weighted by molar-refractivity contribution is 0.0504. The van der Waals surface area contributed by atoms with Gasteiger partial charge in [0.15, 0.2) is 0 Å². The molecule has 3 N–H and O–H groups in total. The fourth-order valence-corrected chi connectivity index (χ4v) is 1.87. The molecule has 0 aliphatic carbocycles. The summed E-state index contributed by atoms with van der Waals surface area (Å²) in [6, 6.07) is 3.86. The fraction of sp³-hybridized carbons (Fsp3) is 0.462. The lowest BCUT2D eigenvalue weighted by Crippen LogP contribution is -2.38. The van der Waals surface area contributed by atoms with E-state index in [2.05, 4.69) is 21.2 Å². The zero-order valence-electron chi connectivity index (χ0n) is 11.2.